The zero-order chi connectivity index (χ0) is 19.9. The average molecular weight is 370 g/mol. The molecule has 1 amide bonds. The van der Waals surface area contributed by atoms with Crippen molar-refractivity contribution in [2.45, 2.75) is 65.2 Å². The summed E-state index contributed by atoms with van der Waals surface area (Å²) >= 11 is 0. The molecule has 0 saturated carbocycles. The molecule has 0 aromatic heterocycles. The number of ether oxygens (including phenoxy) is 1. The van der Waals surface area contributed by atoms with Crippen molar-refractivity contribution in [2.75, 3.05) is 11.9 Å². The first-order chi connectivity index (χ1) is 13.1. The maximum atomic E-state index is 12.0. The SMILES string of the molecule is CCCCCCCCCC(=O)Nc1ccc(/C=C(\C#N)C(=O)OCC)cc1. The van der Waals surface area contributed by atoms with Crippen LogP contribution in [0.1, 0.15) is 70.8 Å². The number of esters is 1. The molecule has 1 rings (SSSR count). The number of anilines is 1. The zero-order valence-corrected chi connectivity index (χ0v) is 16.4. The molecular formula is C22H30N2O3. The van der Waals surface area contributed by atoms with Gasteiger partial charge >= 0.3 is 5.97 Å². The Morgan fingerprint density at radius 1 is 1.04 bits per heavy atom. The summed E-state index contributed by atoms with van der Waals surface area (Å²) in [4.78, 5) is 23.6. The summed E-state index contributed by atoms with van der Waals surface area (Å²) in [6, 6.07) is 8.86. The number of carbonyl (C=O) groups is 2. The van der Waals surface area contributed by atoms with Crippen LogP contribution < -0.4 is 5.32 Å². The van der Waals surface area contributed by atoms with Crippen LogP contribution in [0.5, 0.6) is 0 Å². The highest BCUT2D eigenvalue weighted by Gasteiger charge is 2.09. The monoisotopic (exact) mass is 370 g/mol. The lowest BCUT2D eigenvalue weighted by atomic mass is 10.1. The summed E-state index contributed by atoms with van der Waals surface area (Å²) in [6.07, 6.45) is 10.3. The van der Waals surface area contributed by atoms with Gasteiger partial charge in [-0.2, -0.15) is 5.26 Å². The van der Waals surface area contributed by atoms with E-state index in [4.69, 9.17) is 10.00 Å². The number of unbranched alkanes of at least 4 members (excludes halogenated alkanes) is 6. The molecule has 0 unspecified atom stereocenters. The molecule has 146 valence electrons. The van der Waals surface area contributed by atoms with E-state index in [1.54, 1.807) is 31.2 Å². The fraction of sp³-hybridized carbons (Fsp3) is 0.500. The maximum absolute atomic E-state index is 12.0. The van der Waals surface area contributed by atoms with Gasteiger partial charge in [-0.1, -0.05) is 57.6 Å². The van der Waals surface area contributed by atoms with E-state index in [0.717, 1.165) is 12.8 Å². The van der Waals surface area contributed by atoms with Gasteiger partial charge in [-0.15, -0.1) is 0 Å². The minimum Gasteiger partial charge on any atom is -0.462 e. The van der Waals surface area contributed by atoms with Crippen LogP contribution in [0.25, 0.3) is 6.08 Å². The first kappa shape index (κ1) is 22.4. The van der Waals surface area contributed by atoms with Crippen LogP contribution in [0.15, 0.2) is 29.8 Å². The molecule has 1 N–H and O–H groups in total. The van der Waals surface area contributed by atoms with E-state index in [9.17, 15) is 9.59 Å². The lowest BCUT2D eigenvalue weighted by Gasteiger charge is -2.06. The van der Waals surface area contributed by atoms with Crippen LogP contribution in [0.3, 0.4) is 0 Å². The second kappa shape index (κ2) is 13.6. The van der Waals surface area contributed by atoms with Gasteiger partial charge in [0.2, 0.25) is 5.91 Å². The molecule has 0 bridgehead atoms. The van der Waals surface area contributed by atoms with Crippen molar-refractivity contribution < 1.29 is 14.3 Å². The second-order valence-corrected chi connectivity index (χ2v) is 6.43. The average Bonchev–Trinajstić information content (AvgIpc) is 2.66. The van der Waals surface area contributed by atoms with Crippen molar-refractivity contribution in [2.24, 2.45) is 0 Å². The Bertz CT molecular complexity index is 657. The standard InChI is InChI=1S/C22H30N2O3/c1-3-5-6-7-8-9-10-11-21(25)24-20-14-12-18(13-15-20)16-19(17-23)22(26)27-4-2/h12-16H,3-11H2,1-2H3,(H,24,25)/b19-16+. The Morgan fingerprint density at radius 3 is 2.26 bits per heavy atom. The number of carbonyl (C=O) groups excluding carboxylic acids is 2. The van der Waals surface area contributed by atoms with Crippen LogP contribution in [-0.2, 0) is 14.3 Å². The van der Waals surface area contributed by atoms with E-state index in [1.807, 2.05) is 6.07 Å². The van der Waals surface area contributed by atoms with Crippen LogP contribution in [0.4, 0.5) is 5.69 Å². The van der Waals surface area contributed by atoms with Crippen molar-refractivity contribution in [1.82, 2.24) is 0 Å². The van der Waals surface area contributed by atoms with Crippen LogP contribution in [0.2, 0.25) is 0 Å². The fourth-order valence-corrected chi connectivity index (χ4v) is 2.64. The molecule has 0 saturated heterocycles. The Balaban J connectivity index is 2.42. The van der Waals surface area contributed by atoms with Gasteiger partial charge < -0.3 is 10.1 Å². The quantitative estimate of drug-likeness (QED) is 0.236. The molecule has 0 aliphatic carbocycles. The summed E-state index contributed by atoms with van der Waals surface area (Å²) in [7, 11) is 0. The number of rotatable bonds is 12. The smallest absolute Gasteiger partial charge is 0.348 e. The summed E-state index contributed by atoms with van der Waals surface area (Å²) in [5.41, 5.74) is 1.35. The largest absolute Gasteiger partial charge is 0.462 e. The van der Waals surface area contributed by atoms with Gasteiger partial charge in [0.25, 0.3) is 0 Å². The van der Waals surface area contributed by atoms with Gasteiger partial charge in [0.05, 0.1) is 6.61 Å². The molecule has 0 spiro atoms. The number of nitrogens with one attached hydrogen (secondary N) is 1. The lowest BCUT2D eigenvalue weighted by Crippen LogP contribution is -2.11. The molecule has 0 heterocycles. The number of nitrogens with zero attached hydrogens (tertiary/aromatic N) is 1. The fourth-order valence-electron chi connectivity index (χ4n) is 2.64. The minimum absolute atomic E-state index is 0.0103. The minimum atomic E-state index is -0.632. The van der Waals surface area contributed by atoms with Gasteiger partial charge in [-0.3, -0.25) is 4.79 Å². The van der Waals surface area contributed by atoms with E-state index in [0.29, 0.717) is 17.7 Å². The molecule has 1 aromatic carbocycles. The number of benzene rings is 1. The molecule has 27 heavy (non-hydrogen) atoms. The molecule has 0 atom stereocenters. The molecule has 0 aliphatic rings. The predicted octanol–water partition coefficient (Wildman–Crippen LogP) is 5.24. The molecule has 0 fully saturated rings. The van der Waals surface area contributed by atoms with E-state index < -0.39 is 5.97 Å². The van der Waals surface area contributed by atoms with E-state index in [1.165, 1.54) is 38.2 Å². The zero-order valence-electron chi connectivity index (χ0n) is 16.4. The van der Waals surface area contributed by atoms with Crippen molar-refractivity contribution in [1.29, 1.82) is 5.26 Å². The Kier molecular flexibility index (Phi) is 11.3. The third-order valence-corrected chi connectivity index (χ3v) is 4.13. The number of nitriles is 1. The Morgan fingerprint density at radius 2 is 1.67 bits per heavy atom. The molecule has 0 radical (unpaired) electrons. The van der Waals surface area contributed by atoms with Gasteiger partial charge in [0.15, 0.2) is 0 Å². The molecule has 1 aromatic rings. The Labute approximate surface area is 162 Å². The van der Waals surface area contributed by atoms with Gasteiger partial charge in [-0.25, -0.2) is 4.79 Å². The number of amides is 1. The van der Waals surface area contributed by atoms with Gasteiger partial charge in [0, 0.05) is 12.1 Å². The molecular weight excluding hydrogens is 340 g/mol. The summed E-state index contributed by atoms with van der Waals surface area (Å²) in [5.74, 6) is -0.622. The first-order valence-electron chi connectivity index (χ1n) is 9.79. The van der Waals surface area contributed by atoms with Crippen LogP contribution >= 0.6 is 0 Å². The molecule has 5 nitrogen and oxygen atoms in total. The molecule has 0 aliphatic heterocycles. The predicted molar refractivity (Wildman–Crippen MR) is 108 cm³/mol. The van der Waals surface area contributed by atoms with Gasteiger partial charge in [0.1, 0.15) is 11.6 Å². The van der Waals surface area contributed by atoms with Gasteiger partial charge in [-0.05, 0) is 37.1 Å². The highest BCUT2D eigenvalue weighted by molar-refractivity contribution is 5.98. The molecule has 5 heteroatoms. The van der Waals surface area contributed by atoms with Crippen molar-refractivity contribution in [3.63, 3.8) is 0 Å². The third-order valence-electron chi connectivity index (χ3n) is 4.13. The summed E-state index contributed by atoms with van der Waals surface area (Å²) in [5, 5.41) is 11.9. The first-order valence-corrected chi connectivity index (χ1v) is 9.79. The maximum Gasteiger partial charge on any atom is 0.348 e. The van der Waals surface area contributed by atoms with Crippen molar-refractivity contribution in [3.8, 4) is 6.07 Å². The summed E-state index contributed by atoms with van der Waals surface area (Å²) in [6.45, 7) is 4.12. The van der Waals surface area contributed by atoms with E-state index >= 15 is 0 Å². The summed E-state index contributed by atoms with van der Waals surface area (Å²) < 4.78 is 4.83. The number of hydrogen-bond acceptors (Lipinski definition) is 4. The third kappa shape index (κ3) is 9.60. The topological polar surface area (TPSA) is 79.2 Å². The van der Waals surface area contributed by atoms with Crippen molar-refractivity contribution >= 4 is 23.6 Å². The van der Waals surface area contributed by atoms with E-state index in [-0.39, 0.29) is 18.1 Å². The normalized spacial score (nSPS) is 10.9. The number of hydrogen-bond donors (Lipinski definition) is 1. The van der Waals surface area contributed by atoms with Crippen LogP contribution in [-0.4, -0.2) is 18.5 Å². The van der Waals surface area contributed by atoms with E-state index in [2.05, 4.69) is 12.2 Å². The highest BCUT2D eigenvalue weighted by Crippen LogP contribution is 2.14. The van der Waals surface area contributed by atoms with Crippen molar-refractivity contribution in [3.05, 3.63) is 35.4 Å². The van der Waals surface area contributed by atoms with Crippen LogP contribution in [0, 0.1) is 11.3 Å². The second-order valence-electron chi connectivity index (χ2n) is 6.43. The lowest BCUT2D eigenvalue weighted by molar-refractivity contribution is -0.137. The highest BCUT2D eigenvalue weighted by atomic mass is 16.5. The Hall–Kier alpha value is -2.61.